The van der Waals surface area contributed by atoms with Crippen molar-refractivity contribution < 1.29 is 9.53 Å². The Morgan fingerprint density at radius 1 is 0.750 bits per heavy atom. The highest BCUT2D eigenvalue weighted by atomic mass is 16.5. The summed E-state index contributed by atoms with van der Waals surface area (Å²) in [5.41, 5.74) is 2.77. The summed E-state index contributed by atoms with van der Waals surface area (Å²) in [5, 5.41) is 11.2. The van der Waals surface area contributed by atoms with E-state index in [9.17, 15) is 4.79 Å². The van der Waals surface area contributed by atoms with Crippen LogP contribution in [0.1, 0.15) is 10.4 Å². The number of carbonyl (C=O) groups excluding carboxylic acids is 1. The molecule has 4 rings (SSSR count). The quantitative estimate of drug-likeness (QED) is 0.527. The standard InChI is InChI=1S/C23H17N3O2/c27-23(24-19-10-3-1-4-11-19)18-9-7-8-17(16-18)21-14-15-22(26-25-21)28-20-12-5-2-6-13-20/h1-16H,(H,24,27). The van der Waals surface area contributed by atoms with E-state index in [1.807, 2.05) is 78.9 Å². The highest BCUT2D eigenvalue weighted by Crippen LogP contribution is 2.22. The minimum Gasteiger partial charge on any atom is -0.438 e. The van der Waals surface area contributed by atoms with E-state index < -0.39 is 0 Å². The maximum absolute atomic E-state index is 12.5. The Kier molecular flexibility index (Phi) is 5.06. The summed E-state index contributed by atoms with van der Waals surface area (Å²) in [7, 11) is 0. The molecule has 1 N–H and O–H groups in total. The SMILES string of the molecule is O=C(Nc1ccccc1)c1cccc(-c2ccc(Oc3ccccc3)nn2)c1. The van der Waals surface area contributed by atoms with Gasteiger partial charge in [-0.2, -0.15) is 0 Å². The predicted octanol–water partition coefficient (Wildman–Crippen LogP) is 5.19. The number of hydrogen-bond acceptors (Lipinski definition) is 4. The summed E-state index contributed by atoms with van der Waals surface area (Å²) in [6.07, 6.45) is 0. The summed E-state index contributed by atoms with van der Waals surface area (Å²) < 4.78 is 5.66. The molecule has 136 valence electrons. The van der Waals surface area contributed by atoms with Gasteiger partial charge in [-0.05, 0) is 42.5 Å². The minimum atomic E-state index is -0.176. The molecule has 28 heavy (non-hydrogen) atoms. The van der Waals surface area contributed by atoms with Gasteiger partial charge in [0.15, 0.2) is 0 Å². The molecule has 0 fully saturated rings. The number of carbonyl (C=O) groups is 1. The Balaban J connectivity index is 1.50. The number of ether oxygens (including phenoxy) is 1. The summed E-state index contributed by atoms with van der Waals surface area (Å²) in [6.45, 7) is 0. The van der Waals surface area contributed by atoms with Gasteiger partial charge in [-0.1, -0.05) is 48.5 Å². The van der Waals surface area contributed by atoms with Crippen LogP contribution in [0, 0.1) is 0 Å². The number of aromatic nitrogens is 2. The minimum absolute atomic E-state index is 0.176. The smallest absolute Gasteiger partial charge is 0.255 e. The molecule has 0 spiro atoms. The van der Waals surface area contributed by atoms with Crippen molar-refractivity contribution in [3.05, 3.63) is 103 Å². The summed E-state index contributed by atoms with van der Waals surface area (Å²) in [6, 6.07) is 29.6. The van der Waals surface area contributed by atoms with Gasteiger partial charge in [0.25, 0.3) is 5.91 Å². The Morgan fingerprint density at radius 2 is 1.50 bits per heavy atom. The van der Waals surface area contributed by atoms with E-state index >= 15 is 0 Å². The van der Waals surface area contributed by atoms with Gasteiger partial charge in [-0.15, -0.1) is 10.2 Å². The van der Waals surface area contributed by atoms with Crippen LogP contribution in [0.4, 0.5) is 5.69 Å². The van der Waals surface area contributed by atoms with Crippen LogP contribution < -0.4 is 10.1 Å². The molecule has 0 aliphatic heterocycles. The number of rotatable bonds is 5. The molecule has 0 atom stereocenters. The normalized spacial score (nSPS) is 10.3. The van der Waals surface area contributed by atoms with Crippen molar-refractivity contribution in [2.24, 2.45) is 0 Å². The van der Waals surface area contributed by atoms with Gasteiger partial charge in [0.2, 0.25) is 5.88 Å². The maximum Gasteiger partial charge on any atom is 0.255 e. The lowest BCUT2D eigenvalue weighted by atomic mass is 10.1. The van der Waals surface area contributed by atoms with Crippen molar-refractivity contribution in [2.75, 3.05) is 5.32 Å². The first-order valence-electron chi connectivity index (χ1n) is 8.81. The first-order chi connectivity index (χ1) is 13.8. The third-order valence-corrected chi connectivity index (χ3v) is 4.06. The average Bonchev–Trinajstić information content (AvgIpc) is 2.76. The second-order valence-electron chi connectivity index (χ2n) is 6.07. The van der Waals surface area contributed by atoms with Crippen LogP contribution in [0.25, 0.3) is 11.3 Å². The number of anilines is 1. The Bertz CT molecular complexity index is 1070. The van der Waals surface area contributed by atoms with Crippen molar-refractivity contribution in [2.45, 2.75) is 0 Å². The Morgan fingerprint density at radius 3 is 2.21 bits per heavy atom. The van der Waals surface area contributed by atoms with E-state index in [-0.39, 0.29) is 5.91 Å². The van der Waals surface area contributed by atoms with Gasteiger partial charge in [0, 0.05) is 22.9 Å². The molecule has 4 aromatic rings. The number of nitrogens with zero attached hydrogens (tertiary/aromatic N) is 2. The molecule has 0 bridgehead atoms. The topological polar surface area (TPSA) is 64.1 Å². The zero-order valence-corrected chi connectivity index (χ0v) is 14.9. The van der Waals surface area contributed by atoms with Crippen LogP contribution in [0.5, 0.6) is 11.6 Å². The second kappa shape index (κ2) is 8.14. The molecular weight excluding hydrogens is 350 g/mol. The van der Waals surface area contributed by atoms with Gasteiger partial charge in [-0.25, -0.2) is 0 Å². The van der Waals surface area contributed by atoms with Gasteiger partial charge in [0.05, 0.1) is 5.69 Å². The largest absolute Gasteiger partial charge is 0.438 e. The number of amides is 1. The van der Waals surface area contributed by atoms with Crippen molar-refractivity contribution >= 4 is 11.6 Å². The molecule has 0 radical (unpaired) electrons. The summed E-state index contributed by atoms with van der Waals surface area (Å²) >= 11 is 0. The zero-order chi connectivity index (χ0) is 19.2. The first-order valence-corrected chi connectivity index (χ1v) is 8.81. The van der Waals surface area contributed by atoms with Crippen LogP contribution in [0.15, 0.2) is 97.1 Å². The van der Waals surface area contributed by atoms with Crippen LogP contribution in [0.2, 0.25) is 0 Å². The molecule has 3 aromatic carbocycles. The molecule has 0 saturated carbocycles. The molecule has 1 amide bonds. The molecule has 1 heterocycles. The lowest BCUT2D eigenvalue weighted by molar-refractivity contribution is 0.102. The van der Waals surface area contributed by atoms with E-state index in [1.165, 1.54) is 0 Å². The third-order valence-electron chi connectivity index (χ3n) is 4.06. The Hall–Kier alpha value is -3.99. The van der Waals surface area contributed by atoms with Gasteiger partial charge >= 0.3 is 0 Å². The average molecular weight is 367 g/mol. The highest BCUT2D eigenvalue weighted by molar-refractivity contribution is 6.04. The number of hydrogen-bond donors (Lipinski definition) is 1. The van der Waals surface area contributed by atoms with Gasteiger partial charge < -0.3 is 10.1 Å². The Labute approximate surface area is 162 Å². The molecule has 0 unspecified atom stereocenters. The third kappa shape index (κ3) is 4.22. The molecule has 0 aliphatic rings. The molecule has 5 heteroatoms. The van der Waals surface area contributed by atoms with E-state index in [0.717, 1.165) is 11.3 Å². The van der Waals surface area contributed by atoms with Crippen LogP contribution >= 0.6 is 0 Å². The fourth-order valence-electron chi connectivity index (χ4n) is 2.68. The van der Waals surface area contributed by atoms with E-state index in [1.54, 1.807) is 18.2 Å². The predicted molar refractivity (Wildman–Crippen MR) is 108 cm³/mol. The van der Waals surface area contributed by atoms with E-state index in [4.69, 9.17) is 4.74 Å². The van der Waals surface area contributed by atoms with Crippen molar-refractivity contribution in [3.8, 4) is 22.9 Å². The number of nitrogens with one attached hydrogen (secondary N) is 1. The fourth-order valence-corrected chi connectivity index (χ4v) is 2.68. The number of para-hydroxylation sites is 2. The van der Waals surface area contributed by atoms with Crippen molar-refractivity contribution in [1.82, 2.24) is 10.2 Å². The van der Waals surface area contributed by atoms with Crippen molar-refractivity contribution in [3.63, 3.8) is 0 Å². The van der Waals surface area contributed by atoms with E-state index in [0.29, 0.717) is 22.9 Å². The lowest BCUT2D eigenvalue weighted by Gasteiger charge is -2.07. The summed E-state index contributed by atoms with van der Waals surface area (Å²) in [4.78, 5) is 12.5. The van der Waals surface area contributed by atoms with Crippen LogP contribution in [-0.4, -0.2) is 16.1 Å². The first kappa shape index (κ1) is 17.4. The summed E-state index contributed by atoms with van der Waals surface area (Å²) in [5.74, 6) is 0.932. The molecule has 0 saturated heterocycles. The van der Waals surface area contributed by atoms with Crippen LogP contribution in [-0.2, 0) is 0 Å². The van der Waals surface area contributed by atoms with Gasteiger partial charge in [0.1, 0.15) is 5.75 Å². The van der Waals surface area contributed by atoms with E-state index in [2.05, 4.69) is 15.5 Å². The monoisotopic (exact) mass is 367 g/mol. The molecule has 1 aromatic heterocycles. The zero-order valence-electron chi connectivity index (χ0n) is 14.9. The second-order valence-corrected chi connectivity index (χ2v) is 6.07. The molecular formula is C23H17N3O2. The van der Waals surface area contributed by atoms with Crippen LogP contribution in [0.3, 0.4) is 0 Å². The molecule has 5 nitrogen and oxygen atoms in total. The fraction of sp³-hybridized carbons (Fsp3) is 0. The highest BCUT2D eigenvalue weighted by Gasteiger charge is 2.09. The lowest BCUT2D eigenvalue weighted by Crippen LogP contribution is -2.11. The maximum atomic E-state index is 12.5. The van der Waals surface area contributed by atoms with Gasteiger partial charge in [-0.3, -0.25) is 4.79 Å². The number of benzene rings is 3. The van der Waals surface area contributed by atoms with Crippen molar-refractivity contribution in [1.29, 1.82) is 0 Å². The molecule has 0 aliphatic carbocycles.